The molecule has 2 bridgehead atoms. The third-order valence-corrected chi connectivity index (χ3v) is 8.82. The molecular formula is C26H30FN3O2S. The molecule has 33 heavy (non-hydrogen) atoms. The lowest BCUT2D eigenvalue weighted by Crippen LogP contribution is -2.49. The summed E-state index contributed by atoms with van der Waals surface area (Å²) in [6.07, 6.45) is 4.09. The Bertz CT molecular complexity index is 1150. The van der Waals surface area contributed by atoms with E-state index in [1.54, 1.807) is 12.1 Å². The molecule has 3 aliphatic heterocycles. The van der Waals surface area contributed by atoms with Crippen LogP contribution < -0.4 is 10.1 Å². The molecule has 3 aliphatic rings. The third kappa shape index (κ3) is 4.11. The van der Waals surface area contributed by atoms with Gasteiger partial charge >= 0.3 is 0 Å². The molecule has 3 N–H and O–H groups in total. The van der Waals surface area contributed by atoms with Crippen molar-refractivity contribution in [3.05, 3.63) is 54.0 Å². The number of benzene rings is 2. The summed E-state index contributed by atoms with van der Waals surface area (Å²) in [6.45, 7) is 2.99. The largest absolute Gasteiger partial charge is 0.490 e. The van der Waals surface area contributed by atoms with Gasteiger partial charge < -0.3 is 20.1 Å². The SMILES string of the molecule is Cc1cc2c(OC[C@@H](O)CN3C4CC[C@H]3CC(C3Nc5cc(F)ccc5S3)C4)cccc2[nH]1. The van der Waals surface area contributed by atoms with Crippen LogP contribution in [0, 0.1) is 18.7 Å². The molecule has 0 radical (unpaired) electrons. The van der Waals surface area contributed by atoms with Crippen LogP contribution in [0.2, 0.25) is 0 Å². The fourth-order valence-electron chi connectivity index (χ4n) is 5.99. The van der Waals surface area contributed by atoms with E-state index in [1.807, 2.05) is 43.0 Å². The molecule has 7 heteroatoms. The number of nitrogens with zero attached hydrogens (tertiary/aromatic N) is 1. The van der Waals surface area contributed by atoms with Crippen LogP contribution in [-0.4, -0.2) is 51.7 Å². The zero-order valence-corrected chi connectivity index (χ0v) is 19.6. The van der Waals surface area contributed by atoms with Crippen molar-refractivity contribution in [1.29, 1.82) is 0 Å². The number of thioether (sulfide) groups is 1. The maximum atomic E-state index is 13.6. The van der Waals surface area contributed by atoms with Crippen LogP contribution in [0.5, 0.6) is 5.75 Å². The van der Waals surface area contributed by atoms with E-state index in [0.29, 0.717) is 36.5 Å². The highest BCUT2D eigenvalue weighted by Gasteiger charge is 2.44. The van der Waals surface area contributed by atoms with E-state index in [-0.39, 0.29) is 5.82 Å². The number of nitrogens with one attached hydrogen (secondary N) is 2. The molecule has 6 rings (SSSR count). The van der Waals surface area contributed by atoms with Crippen LogP contribution in [0.15, 0.2) is 47.4 Å². The molecule has 2 aromatic carbocycles. The second-order valence-electron chi connectivity index (χ2n) is 9.77. The minimum atomic E-state index is -0.522. The minimum Gasteiger partial charge on any atom is -0.490 e. The quantitative estimate of drug-likeness (QED) is 0.469. The van der Waals surface area contributed by atoms with Gasteiger partial charge in [-0.25, -0.2) is 4.39 Å². The van der Waals surface area contributed by atoms with Gasteiger partial charge in [0, 0.05) is 40.1 Å². The highest BCUT2D eigenvalue weighted by molar-refractivity contribution is 8.00. The molecule has 3 unspecified atom stereocenters. The highest BCUT2D eigenvalue weighted by Crippen LogP contribution is 2.48. The molecule has 1 aromatic heterocycles. The standard InChI is InChI=1S/C26H30FN3O2S/c1-15-9-21-22(28-15)3-2-4-24(21)32-14-20(31)13-30-18-6-7-19(30)11-16(10-18)26-29-23-12-17(27)5-8-25(23)33-26/h2-5,8-9,12,16,18-20,26,28-29,31H,6-7,10-11,13-14H2,1H3/t16?,18-,19?,20-,26?/m0/s1. The first-order valence-corrected chi connectivity index (χ1v) is 12.8. The number of piperidine rings is 1. The minimum absolute atomic E-state index is 0.184. The lowest BCUT2D eigenvalue weighted by Gasteiger charge is -2.41. The van der Waals surface area contributed by atoms with Crippen molar-refractivity contribution >= 4 is 28.4 Å². The van der Waals surface area contributed by atoms with E-state index in [4.69, 9.17) is 4.74 Å². The van der Waals surface area contributed by atoms with Gasteiger partial charge in [-0.15, -0.1) is 0 Å². The number of aliphatic hydroxyl groups is 1. The Morgan fingerprint density at radius 1 is 1.18 bits per heavy atom. The van der Waals surface area contributed by atoms with E-state index in [2.05, 4.69) is 21.3 Å². The van der Waals surface area contributed by atoms with Crippen LogP contribution in [-0.2, 0) is 0 Å². The number of aryl methyl sites for hydroxylation is 1. The summed E-state index contributed by atoms with van der Waals surface area (Å²) in [7, 11) is 0. The normalized spacial score (nSPS) is 27.5. The van der Waals surface area contributed by atoms with Crippen molar-refractivity contribution < 1.29 is 14.2 Å². The monoisotopic (exact) mass is 467 g/mol. The van der Waals surface area contributed by atoms with E-state index in [9.17, 15) is 9.50 Å². The summed E-state index contributed by atoms with van der Waals surface area (Å²) in [5, 5.41) is 15.7. The summed E-state index contributed by atoms with van der Waals surface area (Å²) >= 11 is 1.84. The number of fused-ring (bicyclic) bond motifs is 4. The Morgan fingerprint density at radius 3 is 2.82 bits per heavy atom. The Kier molecular flexibility index (Phi) is 5.51. The molecule has 2 fully saturated rings. The first kappa shape index (κ1) is 21.3. The van der Waals surface area contributed by atoms with Crippen molar-refractivity contribution in [3.8, 4) is 5.75 Å². The van der Waals surface area contributed by atoms with E-state index in [0.717, 1.165) is 45.8 Å². The number of aromatic nitrogens is 1. The van der Waals surface area contributed by atoms with Crippen molar-refractivity contribution in [1.82, 2.24) is 9.88 Å². The van der Waals surface area contributed by atoms with Gasteiger partial charge in [0.15, 0.2) is 0 Å². The lowest BCUT2D eigenvalue weighted by molar-refractivity contribution is 0.0250. The summed E-state index contributed by atoms with van der Waals surface area (Å²) in [4.78, 5) is 6.99. The lowest BCUT2D eigenvalue weighted by atomic mass is 9.90. The Balaban J connectivity index is 1.05. The van der Waals surface area contributed by atoms with Gasteiger partial charge in [-0.3, -0.25) is 4.90 Å². The summed E-state index contributed by atoms with van der Waals surface area (Å²) < 4.78 is 19.6. The smallest absolute Gasteiger partial charge is 0.128 e. The predicted octanol–water partition coefficient (Wildman–Crippen LogP) is 5.14. The fourth-order valence-corrected chi connectivity index (χ4v) is 7.25. The third-order valence-electron chi connectivity index (χ3n) is 7.45. The fraction of sp³-hybridized carbons (Fsp3) is 0.462. The van der Waals surface area contributed by atoms with E-state index >= 15 is 0 Å². The number of hydrogen-bond acceptors (Lipinski definition) is 5. The van der Waals surface area contributed by atoms with Gasteiger partial charge in [-0.2, -0.15) is 0 Å². The van der Waals surface area contributed by atoms with Gasteiger partial charge in [0.25, 0.3) is 0 Å². The molecule has 0 spiro atoms. The number of halogens is 1. The summed E-state index contributed by atoms with van der Waals surface area (Å²) in [6, 6.07) is 14.1. The number of aliphatic hydroxyl groups excluding tert-OH is 1. The van der Waals surface area contributed by atoms with E-state index in [1.165, 1.54) is 12.8 Å². The van der Waals surface area contributed by atoms with Crippen LogP contribution in [0.4, 0.5) is 10.1 Å². The number of H-pyrrole nitrogens is 1. The number of rotatable bonds is 6. The second-order valence-corrected chi connectivity index (χ2v) is 11.0. The van der Waals surface area contributed by atoms with Gasteiger partial charge in [0.2, 0.25) is 0 Å². The van der Waals surface area contributed by atoms with Gasteiger partial charge in [0.1, 0.15) is 24.3 Å². The van der Waals surface area contributed by atoms with Crippen LogP contribution >= 0.6 is 11.8 Å². The van der Waals surface area contributed by atoms with E-state index < -0.39 is 6.10 Å². The zero-order chi connectivity index (χ0) is 22.5. The Labute approximate surface area is 197 Å². The first-order chi connectivity index (χ1) is 16.0. The molecule has 5 atom stereocenters. The maximum Gasteiger partial charge on any atom is 0.128 e. The number of hydrogen-bond donors (Lipinski definition) is 3. The van der Waals surface area contributed by atoms with Gasteiger partial charge in [-0.1, -0.05) is 17.8 Å². The molecule has 0 aliphatic carbocycles. The molecule has 2 saturated heterocycles. The van der Waals surface area contributed by atoms with Crippen LogP contribution in [0.25, 0.3) is 10.9 Å². The van der Waals surface area contributed by atoms with Crippen LogP contribution in [0.3, 0.4) is 0 Å². The van der Waals surface area contributed by atoms with Crippen molar-refractivity contribution in [2.45, 2.75) is 61.1 Å². The average Bonchev–Trinajstić information content (AvgIpc) is 3.44. The highest BCUT2D eigenvalue weighted by atomic mass is 32.2. The molecule has 0 amide bonds. The first-order valence-electron chi connectivity index (χ1n) is 11.9. The topological polar surface area (TPSA) is 60.5 Å². The summed E-state index contributed by atoms with van der Waals surface area (Å²) in [5.74, 6) is 1.19. The summed E-state index contributed by atoms with van der Waals surface area (Å²) in [5.41, 5.74) is 3.09. The Morgan fingerprint density at radius 2 is 2.00 bits per heavy atom. The maximum absolute atomic E-state index is 13.6. The molecule has 5 nitrogen and oxygen atoms in total. The number of aromatic amines is 1. The van der Waals surface area contributed by atoms with Gasteiger partial charge in [0.05, 0.1) is 11.1 Å². The molecule has 4 heterocycles. The van der Waals surface area contributed by atoms with Crippen molar-refractivity contribution in [2.75, 3.05) is 18.5 Å². The Hall–Kier alpha value is -2.22. The number of ether oxygens (including phenoxy) is 1. The van der Waals surface area contributed by atoms with Gasteiger partial charge in [-0.05, 0) is 74.9 Å². The van der Waals surface area contributed by atoms with Crippen molar-refractivity contribution in [2.24, 2.45) is 5.92 Å². The molecular weight excluding hydrogens is 437 g/mol. The van der Waals surface area contributed by atoms with Crippen LogP contribution in [0.1, 0.15) is 31.4 Å². The zero-order valence-electron chi connectivity index (χ0n) is 18.8. The molecule has 3 aromatic rings. The predicted molar refractivity (Wildman–Crippen MR) is 130 cm³/mol. The molecule has 174 valence electrons. The average molecular weight is 468 g/mol. The number of anilines is 1. The second kappa shape index (κ2) is 8.53. The van der Waals surface area contributed by atoms with Crippen molar-refractivity contribution in [3.63, 3.8) is 0 Å². The molecule has 0 saturated carbocycles.